The molecule has 13 heavy (non-hydrogen) atoms. The second kappa shape index (κ2) is 5.43. The molecule has 2 heterocycles. The van der Waals surface area contributed by atoms with Gasteiger partial charge < -0.3 is 38.4 Å². The fraction of sp³-hybridized carbons (Fsp3) is 0. The zero-order valence-electron chi connectivity index (χ0n) is 5.75. The Morgan fingerprint density at radius 2 is 1.00 bits per heavy atom. The van der Waals surface area contributed by atoms with Crippen LogP contribution < -0.4 is 0 Å². The summed E-state index contributed by atoms with van der Waals surface area (Å²) in [5.74, 6) is 0. The second-order valence-corrected chi connectivity index (χ2v) is 1.87. The molecule has 2 fully saturated rings. The molecule has 0 aromatic carbocycles. The Kier molecular flexibility index (Phi) is 5.65. The van der Waals surface area contributed by atoms with Crippen LogP contribution in [0.15, 0.2) is 0 Å². The summed E-state index contributed by atoms with van der Waals surface area (Å²) in [5.41, 5.74) is 0. The van der Waals surface area contributed by atoms with E-state index < -0.39 is 29.3 Å². The van der Waals surface area contributed by atoms with E-state index in [-0.39, 0.29) is 24.3 Å². The molecular formula is H5B4LiO8. The topological polar surface area (TPSA) is 118 Å². The van der Waals surface area contributed by atoms with Gasteiger partial charge in [-0.3, -0.25) is 0 Å². The van der Waals surface area contributed by atoms with Crippen LogP contribution in [0.3, 0.4) is 0 Å². The van der Waals surface area contributed by atoms with Crippen molar-refractivity contribution in [3.8, 4) is 0 Å². The summed E-state index contributed by atoms with van der Waals surface area (Å²) in [4.78, 5) is 0. The summed E-state index contributed by atoms with van der Waals surface area (Å²) in [6.07, 6.45) is 0. The van der Waals surface area contributed by atoms with Crippen molar-refractivity contribution in [2.24, 2.45) is 0 Å². The third-order valence-electron chi connectivity index (χ3n) is 1.13. The first-order valence-electron chi connectivity index (χ1n) is 2.87. The minimum absolute atomic E-state index is 0. The first-order valence-corrected chi connectivity index (χ1v) is 2.87. The first-order chi connectivity index (χ1) is 5.24. The molecule has 0 aromatic rings. The summed E-state index contributed by atoms with van der Waals surface area (Å²) in [7, 11) is -5.20. The third-order valence-corrected chi connectivity index (χ3v) is 1.13. The summed E-state index contributed by atoms with van der Waals surface area (Å²) in [6, 6.07) is 0. The van der Waals surface area contributed by atoms with Gasteiger partial charge in [0.05, 0.1) is 0 Å². The molecule has 2 bridgehead atoms. The van der Waals surface area contributed by atoms with Gasteiger partial charge in [0.25, 0.3) is 0 Å². The van der Waals surface area contributed by atoms with E-state index in [1.165, 1.54) is 0 Å². The van der Waals surface area contributed by atoms with Crippen molar-refractivity contribution in [1.29, 1.82) is 0 Å². The van der Waals surface area contributed by atoms with E-state index in [1.54, 1.807) is 0 Å². The maximum atomic E-state index is 8.74. The van der Waals surface area contributed by atoms with Crippen LogP contribution in [-0.4, -0.2) is 63.7 Å². The zero-order valence-corrected chi connectivity index (χ0v) is 5.75. The van der Waals surface area contributed by atoms with Gasteiger partial charge in [-0.25, -0.2) is 0 Å². The van der Waals surface area contributed by atoms with Gasteiger partial charge in [-0.15, -0.1) is 0 Å². The molecule has 0 aromatic heterocycles. The van der Waals surface area contributed by atoms with E-state index in [0.29, 0.717) is 0 Å². The molecule has 2 rings (SSSR count). The molecule has 0 spiro atoms. The fourth-order valence-corrected chi connectivity index (χ4v) is 0.728. The van der Waals surface area contributed by atoms with Gasteiger partial charge in [0.2, 0.25) is 0 Å². The Hall–Kier alpha value is 0.537. The van der Waals surface area contributed by atoms with Crippen molar-refractivity contribution in [2.75, 3.05) is 0 Å². The van der Waals surface area contributed by atoms with Gasteiger partial charge >= 0.3 is 48.1 Å². The van der Waals surface area contributed by atoms with Crippen molar-refractivity contribution in [2.45, 2.75) is 0 Å². The summed E-state index contributed by atoms with van der Waals surface area (Å²) >= 11 is 0. The van der Waals surface area contributed by atoms with Crippen LogP contribution in [0.4, 0.5) is 0 Å². The van der Waals surface area contributed by atoms with Gasteiger partial charge in [-0.2, -0.15) is 0 Å². The van der Waals surface area contributed by atoms with E-state index >= 15 is 0 Å². The fourth-order valence-electron chi connectivity index (χ4n) is 0.728. The van der Waals surface area contributed by atoms with Gasteiger partial charge in [-0.1, -0.05) is 0 Å². The minimum atomic E-state index is -1.45. The molecule has 0 saturated carbocycles. The molecule has 2 aliphatic rings. The van der Waals surface area contributed by atoms with Crippen molar-refractivity contribution in [3.63, 3.8) is 0 Å². The van der Waals surface area contributed by atoms with Gasteiger partial charge in [-0.05, 0) is 0 Å². The van der Waals surface area contributed by atoms with Crippen LogP contribution in [-0.2, 0) is 22.9 Å². The van der Waals surface area contributed by atoms with Crippen molar-refractivity contribution in [1.82, 2.24) is 0 Å². The van der Waals surface area contributed by atoms with Crippen LogP contribution in [0.2, 0.25) is 0 Å². The quantitative estimate of drug-likeness (QED) is 0.364. The monoisotopic (exact) mass is 184 g/mol. The van der Waals surface area contributed by atoms with Crippen molar-refractivity contribution in [3.05, 3.63) is 0 Å². The zero-order chi connectivity index (χ0) is 7.84. The molecule has 66 valence electrons. The average molecular weight is 183 g/mol. The Morgan fingerprint density at radius 3 is 1.31 bits per heavy atom. The molecule has 8 nitrogen and oxygen atoms in total. The Labute approximate surface area is 87.0 Å². The van der Waals surface area contributed by atoms with Crippen molar-refractivity contribution < 1.29 is 38.4 Å². The molecule has 2 aliphatic heterocycles. The van der Waals surface area contributed by atoms with Crippen LogP contribution in [0.25, 0.3) is 0 Å². The van der Waals surface area contributed by atoms with E-state index in [0.717, 1.165) is 0 Å². The molecule has 0 radical (unpaired) electrons. The third kappa shape index (κ3) is 3.30. The standard InChI is InChI=1S/B4H2O7.Li.H2O.H/c5-1-7-3-9-2(6)10-4(8-1)11-3;;;/h5-6H;;1H2;. The number of rotatable bonds is 0. The Morgan fingerprint density at radius 1 is 0.692 bits per heavy atom. The second-order valence-electron chi connectivity index (χ2n) is 1.87. The molecule has 0 amide bonds. The van der Waals surface area contributed by atoms with Crippen LogP contribution >= 0.6 is 0 Å². The predicted octanol–water partition coefficient (Wildman–Crippen LogP) is -4.45. The van der Waals surface area contributed by atoms with E-state index in [4.69, 9.17) is 10.0 Å². The molecule has 13 heteroatoms. The van der Waals surface area contributed by atoms with Crippen LogP contribution in [0.1, 0.15) is 0 Å². The number of hydrogen-bond acceptors (Lipinski definition) is 7. The molecule has 0 unspecified atom stereocenters. The molecule has 0 atom stereocenters. The normalized spacial score (nSPS) is 20.8. The Bertz CT molecular complexity index is 122. The number of hydrogen-bond donors (Lipinski definition) is 2. The van der Waals surface area contributed by atoms with Crippen LogP contribution in [0.5, 0.6) is 0 Å². The summed E-state index contributed by atoms with van der Waals surface area (Å²) in [5, 5.41) is 17.5. The summed E-state index contributed by atoms with van der Waals surface area (Å²) < 4.78 is 22.6. The predicted molar refractivity (Wildman–Crippen MR) is 43.6 cm³/mol. The van der Waals surface area contributed by atoms with Gasteiger partial charge in [0.1, 0.15) is 0 Å². The van der Waals surface area contributed by atoms with Crippen LogP contribution in [0, 0.1) is 0 Å². The molecule has 4 N–H and O–H groups in total. The van der Waals surface area contributed by atoms with E-state index in [2.05, 4.69) is 22.9 Å². The first kappa shape index (κ1) is 13.5. The van der Waals surface area contributed by atoms with E-state index in [9.17, 15) is 0 Å². The SMILES string of the molecule is O.OB1OB2OB(O)OB(O1)O2.[LiH]. The van der Waals surface area contributed by atoms with Gasteiger partial charge in [0.15, 0.2) is 0 Å². The number of fused-ring (bicyclic) bond motifs is 2. The molecular weight excluding hydrogens is 178 g/mol. The summed E-state index contributed by atoms with van der Waals surface area (Å²) in [6.45, 7) is 0. The molecule has 2 saturated heterocycles. The average Bonchev–Trinajstić information content (AvgIpc) is 1.82. The molecule has 0 aliphatic carbocycles. The van der Waals surface area contributed by atoms with Crippen molar-refractivity contribution >= 4 is 48.1 Å². The van der Waals surface area contributed by atoms with E-state index in [1.807, 2.05) is 0 Å². The van der Waals surface area contributed by atoms with Gasteiger partial charge in [0, 0.05) is 0 Å². The maximum absolute atomic E-state index is 8.74. The Balaban J connectivity index is 0.000000720.